The predicted octanol–water partition coefficient (Wildman–Crippen LogP) is 1.60. The van der Waals surface area contributed by atoms with Crippen LogP contribution in [0.2, 0.25) is 0 Å². The van der Waals surface area contributed by atoms with Crippen molar-refractivity contribution in [2.45, 2.75) is 25.8 Å². The van der Waals surface area contributed by atoms with Gasteiger partial charge >= 0.3 is 5.69 Å². The van der Waals surface area contributed by atoms with Crippen molar-refractivity contribution in [1.82, 2.24) is 9.88 Å². The number of hydrogen-bond acceptors (Lipinski definition) is 6. The molecular weight excluding hydrogens is 284 g/mol. The summed E-state index contributed by atoms with van der Waals surface area (Å²) < 4.78 is 5.38. The Bertz CT molecular complexity index is 546. The molecule has 0 N–H and O–H groups in total. The lowest BCUT2D eigenvalue weighted by Gasteiger charge is -2.33. The lowest BCUT2D eigenvalue weighted by molar-refractivity contribution is -0.384. The van der Waals surface area contributed by atoms with Crippen LogP contribution in [0, 0.1) is 17.0 Å². The Kier molecular flexibility index (Phi) is 4.54. The molecule has 0 bridgehead atoms. The second-order valence-electron chi connectivity index (χ2n) is 6.01. The van der Waals surface area contributed by atoms with E-state index >= 15 is 0 Å². The SMILES string of the molecule is Cc1cnc(N2CCC[C@@H]2CN2CCOCC2)c([N+](=O)[O-])c1. The van der Waals surface area contributed by atoms with Crippen LogP contribution in [0.15, 0.2) is 12.3 Å². The zero-order chi connectivity index (χ0) is 15.5. The zero-order valence-electron chi connectivity index (χ0n) is 12.9. The van der Waals surface area contributed by atoms with Crippen molar-refractivity contribution in [1.29, 1.82) is 0 Å². The van der Waals surface area contributed by atoms with E-state index < -0.39 is 0 Å². The van der Waals surface area contributed by atoms with E-state index in [4.69, 9.17) is 4.74 Å². The number of morpholine rings is 1. The molecule has 7 nitrogen and oxygen atoms in total. The van der Waals surface area contributed by atoms with E-state index in [0.29, 0.717) is 11.9 Å². The van der Waals surface area contributed by atoms with Crippen LogP contribution in [0.4, 0.5) is 11.5 Å². The number of rotatable bonds is 4. The van der Waals surface area contributed by atoms with Crippen LogP contribution in [-0.2, 0) is 4.74 Å². The quantitative estimate of drug-likeness (QED) is 0.621. The molecule has 7 heteroatoms. The van der Waals surface area contributed by atoms with E-state index in [0.717, 1.165) is 57.8 Å². The van der Waals surface area contributed by atoms with E-state index in [2.05, 4.69) is 14.8 Å². The Labute approximate surface area is 130 Å². The van der Waals surface area contributed by atoms with Gasteiger partial charge in [-0.25, -0.2) is 4.98 Å². The Balaban J connectivity index is 1.79. The average Bonchev–Trinajstić information content (AvgIpc) is 2.96. The Hall–Kier alpha value is -1.73. The molecule has 0 aliphatic carbocycles. The fourth-order valence-electron chi connectivity index (χ4n) is 3.29. The zero-order valence-corrected chi connectivity index (χ0v) is 12.9. The number of hydrogen-bond donors (Lipinski definition) is 0. The molecule has 0 saturated carbocycles. The van der Waals surface area contributed by atoms with E-state index in [1.54, 1.807) is 12.3 Å². The summed E-state index contributed by atoms with van der Waals surface area (Å²) in [5, 5.41) is 11.3. The van der Waals surface area contributed by atoms with Gasteiger partial charge in [-0.1, -0.05) is 0 Å². The normalized spacial score (nSPS) is 23.0. The van der Waals surface area contributed by atoms with Gasteiger partial charge in [-0.05, 0) is 25.3 Å². The fraction of sp³-hybridized carbons (Fsp3) is 0.667. The number of pyridine rings is 1. The van der Waals surface area contributed by atoms with Crippen LogP contribution in [0.25, 0.3) is 0 Å². The maximum Gasteiger partial charge on any atom is 0.311 e. The second-order valence-corrected chi connectivity index (χ2v) is 6.01. The lowest BCUT2D eigenvalue weighted by atomic mass is 10.2. The van der Waals surface area contributed by atoms with Gasteiger partial charge in [0.1, 0.15) is 0 Å². The fourth-order valence-corrected chi connectivity index (χ4v) is 3.29. The molecule has 3 heterocycles. The first kappa shape index (κ1) is 15.2. The van der Waals surface area contributed by atoms with Crippen molar-refractivity contribution in [3.63, 3.8) is 0 Å². The summed E-state index contributed by atoms with van der Waals surface area (Å²) in [4.78, 5) is 19.9. The molecule has 0 amide bonds. The highest BCUT2D eigenvalue weighted by Gasteiger charge is 2.32. The minimum Gasteiger partial charge on any atom is -0.379 e. The third-order valence-corrected chi connectivity index (χ3v) is 4.40. The van der Waals surface area contributed by atoms with Gasteiger partial charge in [-0.2, -0.15) is 0 Å². The molecule has 0 spiro atoms. The first-order chi connectivity index (χ1) is 10.6. The largest absolute Gasteiger partial charge is 0.379 e. The molecule has 0 unspecified atom stereocenters. The van der Waals surface area contributed by atoms with Crippen molar-refractivity contribution in [2.24, 2.45) is 0 Å². The third kappa shape index (κ3) is 3.20. The average molecular weight is 306 g/mol. The van der Waals surface area contributed by atoms with Gasteiger partial charge in [0.05, 0.1) is 18.1 Å². The topological polar surface area (TPSA) is 71.7 Å². The molecule has 3 rings (SSSR count). The van der Waals surface area contributed by atoms with Gasteiger partial charge in [0, 0.05) is 44.5 Å². The summed E-state index contributed by atoms with van der Waals surface area (Å²) in [6.45, 7) is 7.02. The van der Waals surface area contributed by atoms with Crippen molar-refractivity contribution in [3.05, 3.63) is 27.9 Å². The monoisotopic (exact) mass is 306 g/mol. The molecule has 0 aromatic carbocycles. The van der Waals surface area contributed by atoms with E-state index in [9.17, 15) is 10.1 Å². The molecule has 1 atom stereocenters. The van der Waals surface area contributed by atoms with Gasteiger partial charge in [0.2, 0.25) is 5.82 Å². The third-order valence-electron chi connectivity index (χ3n) is 4.40. The van der Waals surface area contributed by atoms with E-state index in [1.165, 1.54) is 0 Å². The number of anilines is 1. The standard InChI is InChI=1S/C15H22N4O3/c1-12-9-14(19(20)21)15(16-10-12)18-4-2-3-13(18)11-17-5-7-22-8-6-17/h9-10,13H,2-8,11H2,1H3/t13-/m1/s1. The van der Waals surface area contributed by atoms with Gasteiger partial charge in [-0.3, -0.25) is 15.0 Å². The van der Waals surface area contributed by atoms with Crippen LogP contribution in [0.5, 0.6) is 0 Å². The Morgan fingerprint density at radius 1 is 1.41 bits per heavy atom. The minimum atomic E-state index is -0.320. The first-order valence-corrected chi connectivity index (χ1v) is 7.83. The number of ether oxygens (including phenoxy) is 1. The lowest BCUT2D eigenvalue weighted by Crippen LogP contribution is -2.45. The van der Waals surface area contributed by atoms with Crippen molar-refractivity contribution < 1.29 is 9.66 Å². The van der Waals surface area contributed by atoms with Crippen LogP contribution in [0.3, 0.4) is 0 Å². The summed E-state index contributed by atoms with van der Waals surface area (Å²) in [6.07, 6.45) is 3.83. The van der Waals surface area contributed by atoms with Crippen molar-refractivity contribution in [3.8, 4) is 0 Å². The number of aryl methyl sites for hydroxylation is 1. The summed E-state index contributed by atoms with van der Waals surface area (Å²) >= 11 is 0. The van der Waals surface area contributed by atoms with Gasteiger partial charge in [-0.15, -0.1) is 0 Å². The first-order valence-electron chi connectivity index (χ1n) is 7.83. The highest BCUT2D eigenvalue weighted by molar-refractivity contribution is 5.59. The van der Waals surface area contributed by atoms with E-state index in [1.807, 2.05) is 6.92 Å². The van der Waals surface area contributed by atoms with Crippen molar-refractivity contribution >= 4 is 11.5 Å². The molecule has 2 aliphatic heterocycles. The highest BCUT2D eigenvalue weighted by Crippen LogP contribution is 2.32. The van der Waals surface area contributed by atoms with Crippen LogP contribution < -0.4 is 4.90 Å². The predicted molar refractivity (Wildman–Crippen MR) is 83.3 cm³/mol. The Morgan fingerprint density at radius 3 is 2.91 bits per heavy atom. The number of nitro groups is 1. The maximum absolute atomic E-state index is 11.3. The maximum atomic E-state index is 11.3. The molecule has 2 aliphatic rings. The summed E-state index contributed by atoms with van der Waals surface area (Å²) in [6, 6.07) is 1.92. The van der Waals surface area contributed by atoms with Crippen LogP contribution in [0.1, 0.15) is 18.4 Å². The summed E-state index contributed by atoms with van der Waals surface area (Å²) in [5.74, 6) is 0.520. The molecule has 1 aromatic heterocycles. The molecule has 2 saturated heterocycles. The van der Waals surface area contributed by atoms with E-state index in [-0.39, 0.29) is 10.6 Å². The van der Waals surface area contributed by atoms with Crippen LogP contribution in [-0.4, -0.2) is 60.2 Å². The molecule has 2 fully saturated rings. The molecule has 1 aromatic rings. The van der Waals surface area contributed by atoms with Gasteiger partial charge in [0.25, 0.3) is 0 Å². The summed E-state index contributed by atoms with van der Waals surface area (Å²) in [7, 11) is 0. The molecule has 120 valence electrons. The summed E-state index contributed by atoms with van der Waals surface area (Å²) in [5.41, 5.74) is 0.938. The van der Waals surface area contributed by atoms with Crippen LogP contribution >= 0.6 is 0 Å². The molecular formula is C15H22N4O3. The second kappa shape index (κ2) is 6.58. The molecule has 0 radical (unpaired) electrons. The van der Waals surface area contributed by atoms with Gasteiger partial charge in [0.15, 0.2) is 0 Å². The molecule has 22 heavy (non-hydrogen) atoms. The Morgan fingerprint density at radius 2 is 2.18 bits per heavy atom. The highest BCUT2D eigenvalue weighted by atomic mass is 16.6. The minimum absolute atomic E-state index is 0.119. The smallest absolute Gasteiger partial charge is 0.311 e. The number of nitrogens with zero attached hydrogens (tertiary/aromatic N) is 4. The van der Waals surface area contributed by atoms with Gasteiger partial charge < -0.3 is 9.64 Å². The van der Waals surface area contributed by atoms with Crippen molar-refractivity contribution in [2.75, 3.05) is 44.3 Å². The number of aromatic nitrogens is 1.